The van der Waals surface area contributed by atoms with Crippen LogP contribution in [0.1, 0.15) is 27.6 Å². The summed E-state index contributed by atoms with van der Waals surface area (Å²) in [6, 6.07) is 11.0. The van der Waals surface area contributed by atoms with Gasteiger partial charge in [0.15, 0.2) is 0 Å². The van der Waals surface area contributed by atoms with Crippen molar-refractivity contribution in [2.45, 2.75) is 13.2 Å². The van der Waals surface area contributed by atoms with Crippen molar-refractivity contribution in [1.82, 2.24) is 0 Å². The van der Waals surface area contributed by atoms with Gasteiger partial charge in [0, 0.05) is 23.5 Å². The van der Waals surface area contributed by atoms with Crippen molar-refractivity contribution in [1.29, 1.82) is 0 Å². The highest BCUT2D eigenvalue weighted by Gasteiger charge is 2.32. The number of halogens is 1. The molecule has 7 heteroatoms. The van der Waals surface area contributed by atoms with Crippen molar-refractivity contribution in [3.8, 4) is 5.75 Å². The van der Waals surface area contributed by atoms with Gasteiger partial charge in [0.2, 0.25) is 12.1 Å². The Balaban J connectivity index is 1.88. The molecule has 2 N–H and O–H groups in total. The van der Waals surface area contributed by atoms with E-state index in [0.29, 0.717) is 34.2 Å². The van der Waals surface area contributed by atoms with E-state index in [2.05, 4.69) is 5.32 Å². The number of anilines is 1. The molecule has 2 aromatic rings. The Labute approximate surface area is 155 Å². The summed E-state index contributed by atoms with van der Waals surface area (Å²) < 4.78 is 11.3. The minimum atomic E-state index is -1.00. The number of carboxylic acid groups (broad SMARTS) is 1. The number of aromatic carboxylic acids is 1. The Morgan fingerprint density at radius 1 is 1.31 bits per heavy atom. The standard InChI is InChI=1S/C19H16ClNO5/c1-2-25-19-15(10-21-13-6-3-11(4-7-13)18(23)24)17(22)14-9-12(20)5-8-16(14)26-19/h3-10,19,21H,2H2,1H3,(H,23,24)/b15-10-/t19-/m0/s1. The molecule has 1 atom stereocenters. The van der Waals surface area contributed by atoms with Crippen molar-refractivity contribution in [2.75, 3.05) is 11.9 Å². The number of carbonyl (C=O) groups is 2. The monoisotopic (exact) mass is 373 g/mol. The third-order valence-electron chi connectivity index (χ3n) is 3.78. The van der Waals surface area contributed by atoms with Gasteiger partial charge in [0.25, 0.3) is 0 Å². The molecule has 0 spiro atoms. The number of fused-ring (bicyclic) bond motifs is 1. The van der Waals surface area contributed by atoms with Crippen LogP contribution in [0.3, 0.4) is 0 Å². The summed E-state index contributed by atoms with van der Waals surface area (Å²) in [5.74, 6) is -0.835. The number of ketones is 1. The molecule has 1 aliphatic rings. The van der Waals surface area contributed by atoms with E-state index < -0.39 is 12.3 Å². The number of Topliss-reactive ketones (excluding diaryl/α,β-unsaturated/α-hetero) is 1. The lowest BCUT2D eigenvalue weighted by molar-refractivity contribution is -0.0509. The van der Waals surface area contributed by atoms with Gasteiger partial charge in [-0.25, -0.2) is 4.79 Å². The number of hydrogen-bond donors (Lipinski definition) is 2. The van der Waals surface area contributed by atoms with Crippen LogP contribution in [0.4, 0.5) is 5.69 Å². The molecule has 0 saturated heterocycles. The molecule has 0 amide bonds. The third kappa shape index (κ3) is 3.71. The van der Waals surface area contributed by atoms with Crippen LogP contribution in [-0.4, -0.2) is 29.8 Å². The molecule has 134 valence electrons. The molecule has 0 saturated carbocycles. The fraction of sp³-hybridized carbons (Fsp3) is 0.158. The van der Waals surface area contributed by atoms with E-state index in [1.54, 1.807) is 37.3 Å². The van der Waals surface area contributed by atoms with E-state index in [1.807, 2.05) is 0 Å². The van der Waals surface area contributed by atoms with Gasteiger partial charge in [-0.15, -0.1) is 0 Å². The summed E-state index contributed by atoms with van der Waals surface area (Å²) in [6.45, 7) is 2.17. The Hall–Kier alpha value is -2.83. The summed E-state index contributed by atoms with van der Waals surface area (Å²) in [5, 5.41) is 12.3. The molecule has 1 aliphatic heterocycles. The number of carbonyl (C=O) groups excluding carboxylic acids is 1. The molecule has 0 aromatic heterocycles. The molecule has 0 radical (unpaired) electrons. The van der Waals surface area contributed by atoms with Gasteiger partial charge in [0.05, 0.1) is 16.7 Å². The highest BCUT2D eigenvalue weighted by Crippen LogP contribution is 2.33. The van der Waals surface area contributed by atoms with Gasteiger partial charge >= 0.3 is 5.97 Å². The predicted octanol–water partition coefficient (Wildman–Crippen LogP) is 3.97. The first-order chi connectivity index (χ1) is 12.5. The second-order valence-corrected chi connectivity index (χ2v) is 5.94. The lowest BCUT2D eigenvalue weighted by Crippen LogP contribution is -2.33. The highest BCUT2D eigenvalue weighted by atomic mass is 35.5. The van der Waals surface area contributed by atoms with Crippen LogP contribution in [0.25, 0.3) is 0 Å². The van der Waals surface area contributed by atoms with Gasteiger partial charge in [-0.3, -0.25) is 4.79 Å². The topological polar surface area (TPSA) is 84.9 Å². The van der Waals surface area contributed by atoms with Gasteiger partial charge in [-0.05, 0) is 49.4 Å². The van der Waals surface area contributed by atoms with E-state index >= 15 is 0 Å². The zero-order valence-electron chi connectivity index (χ0n) is 13.9. The highest BCUT2D eigenvalue weighted by molar-refractivity contribution is 6.31. The largest absolute Gasteiger partial charge is 0.478 e. The fourth-order valence-corrected chi connectivity index (χ4v) is 2.67. The number of benzene rings is 2. The second-order valence-electron chi connectivity index (χ2n) is 5.50. The first-order valence-electron chi connectivity index (χ1n) is 7.92. The van der Waals surface area contributed by atoms with Crippen molar-refractivity contribution in [3.63, 3.8) is 0 Å². The third-order valence-corrected chi connectivity index (χ3v) is 4.02. The minimum Gasteiger partial charge on any atom is -0.478 e. The number of carboxylic acids is 1. The molecule has 26 heavy (non-hydrogen) atoms. The smallest absolute Gasteiger partial charge is 0.335 e. The van der Waals surface area contributed by atoms with Crippen LogP contribution in [0.5, 0.6) is 5.75 Å². The molecule has 2 aromatic carbocycles. The maximum absolute atomic E-state index is 12.8. The van der Waals surface area contributed by atoms with Crippen LogP contribution in [0.15, 0.2) is 54.2 Å². The maximum Gasteiger partial charge on any atom is 0.335 e. The van der Waals surface area contributed by atoms with E-state index in [9.17, 15) is 9.59 Å². The summed E-state index contributed by atoms with van der Waals surface area (Å²) in [4.78, 5) is 23.7. The Kier molecular flexibility index (Phi) is 5.25. The van der Waals surface area contributed by atoms with E-state index in [1.165, 1.54) is 18.3 Å². The summed E-state index contributed by atoms with van der Waals surface area (Å²) in [7, 11) is 0. The van der Waals surface area contributed by atoms with Gasteiger partial charge in [-0.2, -0.15) is 0 Å². The molecule has 3 rings (SSSR count). The van der Waals surface area contributed by atoms with E-state index in [0.717, 1.165) is 0 Å². The fourth-order valence-electron chi connectivity index (χ4n) is 2.50. The number of nitrogens with one attached hydrogen (secondary N) is 1. The minimum absolute atomic E-state index is 0.177. The van der Waals surface area contributed by atoms with Crippen LogP contribution in [0.2, 0.25) is 5.02 Å². The van der Waals surface area contributed by atoms with Crippen LogP contribution in [-0.2, 0) is 4.74 Å². The van der Waals surface area contributed by atoms with E-state index in [4.69, 9.17) is 26.2 Å². The molecule has 0 aliphatic carbocycles. The van der Waals surface area contributed by atoms with Crippen molar-refractivity contribution >= 4 is 29.0 Å². The van der Waals surface area contributed by atoms with E-state index in [-0.39, 0.29) is 11.3 Å². The molecule has 1 heterocycles. The normalized spacial score (nSPS) is 17.5. The lowest BCUT2D eigenvalue weighted by Gasteiger charge is -2.27. The second kappa shape index (κ2) is 7.59. The van der Waals surface area contributed by atoms with Gasteiger partial charge in [0.1, 0.15) is 5.75 Å². The van der Waals surface area contributed by atoms with Crippen LogP contribution < -0.4 is 10.1 Å². The summed E-state index contributed by atoms with van der Waals surface area (Å²) in [5.41, 5.74) is 1.46. The van der Waals surface area contributed by atoms with Crippen molar-refractivity contribution in [3.05, 3.63) is 70.4 Å². The average molecular weight is 374 g/mol. The molecule has 0 bridgehead atoms. The van der Waals surface area contributed by atoms with Crippen LogP contribution in [0, 0.1) is 0 Å². The van der Waals surface area contributed by atoms with Gasteiger partial charge in [-0.1, -0.05) is 11.6 Å². The Morgan fingerprint density at radius 3 is 2.69 bits per heavy atom. The van der Waals surface area contributed by atoms with Gasteiger partial charge < -0.3 is 19.9 Å². The number of ether oxygens (including phenoxy) is 2. The Morgan fingerprint density at radius 2 is 2.04 bits per heavy atom. The maximum atomic E-state index is 12.8. The predicted molar refractivity (Wildman–Crippen MR) is 96.9 cm³/mol. The first kappa shape index (κ1) is 18.0. The molecule has 6 nitrogen and oxygen atoms in total. The first-order valence-corrected chi connectivity index (χ1v) is 8.30. The van der Waals surface area contributed by atoms with Crippen molar-refractivity contribution in [2.24, 2.45) is 0 Å². The number of rotatable bonds is 5. The molecule has 0 fully saturated rings. The lowest BCUT2D eigenvalue weighted by atomic mass is 10.00. The summed E-state index contributed by atoms with van der Waals surface area (Å²) >= 11 is 5.98. The average Bonchev–Trinajstić information content (AvgIpc) is 2.63. The molecule has 0 unspecified atom stereocenters. The Bertz CT molecular complexity index is 876. The molecular weight excluding hydrogens is 358 g/mol. The van der Waals surface area contributed by atoms with Crippen molar-refractivity contribution < 1.29 is 24.2 Å². The SMILES string of the molecule is CCO[C@H]1Oc2ccc(Cl)cc2C(=O)/C1=C/Nc1ccc(C(=O)O)cc1. The zero-order chi connectivity index (χ0) is 18.7. The summed E-state index contributed by atoms with van der Waals surface area (Å²) in [6.07, 6.45) is 0.661. The zero-order valence-corrected chi connectivity index (χ0v) is 14.6. The van der Waals surface area contributed by atoms with Crippen LogP contribution >= 0.6 is 11.6 Å². The quantitative estimate of drug-likeness (QED) is 0.771. The molecular formula is C19H16ClNO5. The number of hydrogen-bond acceptors (Lipinski definition) is 5.